The van der Waals surface area contributed by atoms with Crippen LogP contribution in [-0.4, -0.2) is 22.6 Å². The average molecular weight is 282 g/mol. The second-order valence-electron chi connectivity index (χ2n) is 4.67. The Balaban J connectivity index is 2.56. The van der Waals surface area contributed by atoms with Gasteiger partial charge in [0.1, 0.15) is 0 Å². The quantitative estimate of drug-likeness (QED) is 0.779. The molecule has 0 atom stereocenters. The van der Waals surface area contributed by atoms with Crippen molar-refractivity contribution in [3.05, 3.63) is 0 Å². The summed E-state index contributed by atoms with van der Waals surface area (Å²) in [5, 5.41) is 2.60. The van der Waals surface area contributed by atoms with E-state index in [1.54, 1.807) is 0 Å². The molecule has 1 rings (SSSR count). The predicted molar refractivity (Wildman–Crippen MR) is 66.0 cm³/mol. The second kappa shape index (κ2) is 5.86. The highest BCUT2D eigenvalue weighted by atomic mass is 32.1. The maximum absolute atomic E-state index is 12.0. The van der Waals surface area contributed by atoms with Crippen LogP contribution in [0.15, 0.2) is 0 Å². The van der Waals surface area contributed by atoms with Crippen molar-refractivity contribution in [2.45, 2.75) is 56.7 Å². The molecular formula is C11H17F3N2OS. The molecule has 0 bridgehead atoms. The number of hydrogen-bond acceptors (Lipinski definition) is 2. The van der Waals surface area contributed by atoms with Gasteiger partial charge in [0, 0.05) is 6.42 Å². The summed E-state index contributed by atoms with van der Waals surface area (Å²) in [6.07, 6.45) is -2.02. The lowest BCUT2D eigenvalue weighted by Gasteiger charge is -2.37. The van der Waals surface area contributed by atoms with E-state index in [2.05, 4.69) is 5.32 Å². The van der Waals surface area contributed by atoms with Crippen LogP contribution in [0.4, 0.5) is 13.2 Å². The fourth-order valence-corrected chi connectivity index (χ4v) is 2.43. The van der Waals surface area contributed by atoms with E-state index in [1.165, 1.54) is 0 Å². The molecule has 0 radical (unpaired) electrons. The summed E-state index contributed by atoms with van der Waals surface area (Å²) in [5.74, 6) is -0.637. The van der Waals surface area contributed by atoms with Gasteiger partial charge in [-0.1, -0.05) is 31.5 Å². The highest BCUT2D eigenvalue weighted by molar-refractivity contribution is 7.80. The Morgan fingerprint density at radius 1 is 1.28 bits per heavy atom. The Labute approximate surface area is 109 Å². The smallest absolute Gasteiger partial charge is 0.389 e. The molecule has 0 saturated heterocycles. The molecule has 0 aliphatic heterocycles. The van der Waals surface area contributed by atoms with E-state index >= 15 is 0 Å². The Kier molecular flexibility index (Phi) is 4.95. The number of hydrogen-bond donors (Lipinski definition) is 2. The van der Waals surface area contributed by atoms with Gasteiger partial charge in [-0.05, 0) is 12.8 Å². The Hall–Kier alpha value is -0.850. The Morgan fingerprint density at radius 2 is 1.83 bits per heavy atom. The summed E-state index contributed by atoms with van der Waals surface area (Å²) in [6.45, 7) is 0. The van der Waals surface area contributed by atoms with Crippen LogP contribution in [0, 0.1) is 0 Å². The number of alkyl halides is 3. The topological polar surface area (TPSA) is 55.1 Å². The van der Waals surface area contributed by atoms with E-state index in [0.717, 1.165) is 19.3 Å². The zero-order valence-corrected chi connectivity index (χ0v) is 10.8. The zero-order valence-electron chi connectivity index (χ0n) is 9.98. The van der Waals surface area contributed by atoms with Crippen LogP contribution < -0.4 is 11.1 Å². The van der Waals surface area contributed by atoms with Crippen LogP contribution >= 0.6 is 12.2 Å². The fourth-order valence-electron chi connectivity index (χ4n) is 2.17. The molecule has 0 aromatic rings. The van der Waals surface area contributed by atoms with Crippen molar-refractivity contribution in [2.24, 2.45) is 5.73 Å². The largest absolute Gasteiger partial charge is 0.391 e. The molecule has 1 amide bonds. The van der Waals surface area contributed by atoms with Crippen molar-refractivity contribution >= 4 is 23.1 Å². The molecule has 1 aliphatic carbocycles. The lowest BCUT2D eigenvalue weighted by atomic mass is 9.81. The molecule has 0 spiro atoms. The number of thiocarbonyl (C=S) groups is 1. The first kappa shape index (κ1) is 15.2. The number of amides is 1. The third kappa shape index (κ3) is 4.44. The van der Waals surface area contributed by atoms with E-state index in [4.69, 9.17) is 18.0 Å². The maximum Gasteiger partial charge on any atom is 0.389 e. The molecule has 7 heteroatoms. The van der Waals surface area contributed by atoms with E-state index in [0.29, 0.717) is 12.8 Å². The average Bonchev–Trinajstić information content (AvgIpc) is 2.26. The van der Waals surface area contributed by atoms with Crippen LogP contribution in [-0.2, 0) is 4.79 Å². The van der Waals surface area contributed by atoms with Crippen LogP contribution in [0.25, 0.3) is 0 Å². The number of rotatable bonds is 4. The molecule has 1 saturated carbocycles. The van der Waals surface area contributed by atoms with Gasteiger partial charge in [-0.3, -0.25) is 4.79 Å². The molecular weight excluding hydrogens is 265 g/mol. The Morgan fingerprint density at radius 3 is 2.28 bits per heavy atom. The third-order valence-corrected chi connectivity index (χ3v) is 3.58. The lowest BCUT2D eigenvalue weighted by molar-refractivity contribution is -0.144. The highest BCUT2D eigenvalue weighted by Gasteiger charge is 2.37. The summed E-state index contributed by atoms with van der Waals surface area (Å²) >= 11 is 4.94. The molecule has 0 aromatic heterocycles. The summed E-state index contributed by atoms with van der Waals surface area (Å²) < 4.78 is 36.1. The van der Waals surface area contributed by atoms with Crippen LogP contribution in [0.1, 0.15) is 44.9 Å². The first-order valence-electron chi connectivity index (χ1n) is 5.93. The van der Waals surface area contributed by atoms with E-state index < -0.39 is 30.5 Å². The van der Waals surface area contributed by atoms with Gasteiger partial charge in [0.05, 0.1) is 16.9 Å². The van der Waals surface area contributed by atoms with Gasteiger partial charge in [0.15, 0.2) is 0 Å². The maximum atomic E-state index is 12.0. The molecule has 1 fully saturated rings. The minimum absolute atomic E-state index is 0.169. The summed E-state index contributed by atoms with van der Waals surface area (Å²) in [7, 11) is 0. The zero-order chi connectivity index (χ0) is 13.8. The van der Waals surface area contributed by atoms with Crippen molar-refractivity contribution < 1.29 is 18.0 Å². The number of nitrogens with one attached hydrogen (secondary N) is 1. The van der Waals surface area contributed by atoms with Crippen LogP contribution in [0.5, 0.6) is 0 Å². The highest BCUT2D eigenvalue weighted by Crippen LogP contribution is 2.29. The molecule has 3 nitrogen and oxygen atoms in total. The Bertz CT molecular complexity index is 325. The molecule has 0 aromatic carbocycles. The van der Waals surface area contributed by atoms with Gasteiger partial charge < -0.3 is 11.1 Å². The molecule has 0 unspecified atom stereocenters. The minimum Gasteiger partial charge on any atom is -0.391 e. The molecule has 3 N–H and O–H groups in total. The molecule has 18 heavy (non-hydrogen) atoms. The molecule has 0 heterocycles. The molecule has 1 aliphatic rings. The third-order valence-electron chi connectivity index (χ3n) is 3.19. The van der Waals surface area contributed by atoms with Crippen molar-refractivity contribution in [1.29, 1.82) is 0 Å². The van der Waals surface area contributed by atoms with Crippen LogP contribution in [0.3, 0.4) is 0 Å². The van der Waals surface area contributed by atoms with Gasteiger partial charge in [-0.2, -0.15) is 13.2 Å². The van der Waals surface area contributed by atoms with Gasteiger partial charge in [-0.25, -0.2) is 0 Å². The van der Waals surface area contributed by atoms with E-state index in [1.807, 2.05) is 0 Å². The SMILES string of the molecule is NC(=S)C1(NC(=O)CCC(F)(F)F)CCCCC1. The summed E-state index contributed by atoms with van der Waals surface area (Å²) in [4.78, 5) is 11.7. The summed E-state index contributed by atoms with van der Waals surface area (Å²) in [5.41, 5.74) is 4.85. The van der Waals surface area contributed by atoms with E-state index in [9.17, 15) is 18.0 Å². The number of halogens is 3. The van der Waals surface area contributed by atoms with Gasteiger partial charge in [-0.15, -0.1) is 0 Å². The number of nitrogens with two attached hydrogens (primary N) is 1. The first-order valence-corrected chi connectivity index (χ1v) is 6.34. The standard InChI is InChI=1S/C11H17F3N2OS/c12-11(13,14)7-4-8(17)16-10(9(15)18)5-2-1-3-6-10/h1-7H2,(H2,15,18)(H,16,17). The summed E-state index contributed by atoms with van der Waals surface area (Å²) in [6, 6.07) is 0. The van der Waals surface area contributed by atoms with Gasteiger partial charge in [0.2, 0.25) is 5.91 Å². The normalized spacial score (nSPS) is 19.3. The lowest BCUT2D eigenvalue weighted by Crippen LogP contribution is -2.57. The van der Waals surface area contributed by atoms with Crippen molar-refractivity contribution in [3.63, 3.8) is 0 Å². The monoisotopic (exact) mass is 282 g/mol. The molecule has 104 valence electrons. The van der Waals surface area contributed by atoms with Crippen LogP contribution in [0.2, 0.25) is 0 Å². The van der Waals surface area contributed by atoms with Crippen molar-refractivity contribution in [2.75, 3.05) is 0 Å². The van der Waals surface area contributed by atoms with Crippen molar-refractivity contribution in [1.82, 2.24) is 5.32 Å². The number of carbonyl (C=O) groups is 1. The fraction of sp³-hybridized carbons (Fsp3) is 0.818. The van der Waals surface area contributed by atoms with Gasteiger partial charge in [0.25, 0.3) is 0 Å². The van der Waals surface area contributed by atoms with E-state index in [-0.39, 0.29) is 4.99 Å². The predicted octanol–water partition coefficient (Wildman–Crippen LogP) is 2.43. The number of carbonyl (C=O) groups excluding carboxylic acids is 1. The van der Waals surface area contributed by atoms with Gasteiger partial charge >= 0.3 is 6.18 Å². The first-order chi connectivity index (χ1) is 8.25. The minimum atomic E-state index is -4.32. The second-order valence-corrected chi connectivity index (χ2v) is 5.11. The van der Waals surface area contributed by atoms with Crippen molar-refractivity contribution in [3.8, 4) is 0 Å².